The van der Waals surface area contributed by atoms with E-state index in [2.05, 4.69) is 17.0 Å². The molecule has 2 nitrogen and oxygen atoms in total. The maximum absolute atomic E-state index is 12.3. The second-order valence-corrected chi connectivity index (χ2v) is 6.40. The first-order valence-corrected chi connectivity index (χ1v) is 7.92. The minimum atomic E-state index is 0.0429. The molecular weight excluding hydrogens is 317 g/mol. The summed E-state index contributed by atoms with van der Waals surface area (Å²) in [5.74, 6) is 0.0429. The highest BCUT2D eigenvalue weighted by Gasteiger charge is 2.12. The van der Waals surface area contributed by atoms with E-state index in [0.717, 1.165) is 6.54 Å². The van der Waals surface area contributed by atoms with Gasteiger partial charge in [0.2, 0.25) is 0 Å². The Morgan fingerprint density at radius 2 is 1.73 bits per heavy atom. The zero-order chi connectivity index (χ0) is 16.1. The van der Waals surface area contributed by atoms with Crippen molar-refractivity contribution in [3.8, 4) is 0 Å². The van der Waals surface area contributed by atoms with Crippen molar-refractivity contribution < 1.29 is 4.79 Å². The van der Waals surface area contributed by atoms with Gasteiger partial charge in [-0.3, -0.25) is 4.79 Å². The lowest BCUT2D eigenvalue weighted by molar-refractivity contribution is 0.0983. The van der Waals surface area contributed by atoms with E-state index < -0.39 is 0 Å². The number of ketones is 1. The van der Waals surface area contributed by atoms with Crippen LogP contribution in [0.4, 0.5) is 0 Å². The van der Waals surface area contributed by atoms with Crippen molar-refractivity contribution in [3.05, 3.63) is 69.2 Å². The molecule has 0 aromatic heterocycles. The predicted molar refractivity (Wildman–Crippen MR) is 92.9 cm³/mol. The Kier molecular flexibility index (Phi) is 6.01. The summed E-state index contributed by atoms with van der Waals surface area (Å²) in [4.78, 5) is 14.5. The molecule has 0 saturated carbocycles. The molecule has 0 atom stereocenters. The lowest BCUT2D eigenvalue weighted by Crippen LogP contribution is -2.13. The molecule has 0 bridgehead atoms. The molecule has 0 radical (unpaired) electrons. The van der Waals surface area contributed by atoms with Gasteiger partial charge in [0.15, 0.2) is 5.78 Å². The molecule has 0 unspecified atom stereocenters. The Morgan fingerprint density at radius 1 is 1.05 bits per heavy atom. The zero-order valence-corrected chi connectivity index (χ0v) is 14.3. The van der Waals surface area contributed by atoms with E-state index in [9.17, 15) is 4.79 Å². The summed E-state index contributed by atoms with van der Waals surface area (Å²) in [5, 5.41) is 0.956. The standard InChI is InChI=1S/C18H19Cl2NO/c1-21(2)12-14-6-4-3-5-13(14)7-10-18(22)16-9-8-15(19)11-17(16)20/h3-6,8-9,11H,7,10,12H2,1-2H3. The van der Waals surface area contributed by atoms with Gasteiger partial charge in [0.25, 0.3) is 0 Å². The Labute approximate surface area is 141 Å². The second kappa shape index (κ2) is 7.77. The van der Waals surface area contributed by atoms with Gasteiger partial charge in [0.05, 0.1) is 5.02 Å². The van der Waals surface area contributed by atoms with Crippen LogP contribution < -0.4 is 0 Å². The molecule has 0 saturated heterocycles. The highest BCUT2D eigenvalue weighted by atomic mass is 35.5. The lowest BCUT2D eigenvalue weighted by Gasteiger charge is -2.14. The fourth-order valence-electron chi connectivity index (χ4n) is 2.39. The number of carbonyl (C=O) groups is 1. The van der Waals surface area contributed by atoms with Crippen molar-refractivity contribution in [2.45, 2.75) is 19.4 Å². The number of benzene rings is 2. The van der Waals surface area contributed by atoms with Crippen LogP contribution in [-0.2, 0) is 13.0 Å². The van der Waals surface area contributed by atoms with Gasteiger partial charge in [-0.1, -0.05) is 47.5 Å². The molecule has 0 aliphatic rings. The Hall–Kier alpha value is -1.35. The van der Waals surface area contributed by atoms with Crippen LogP contribution in [-0.4, -0.2) is 24.8 Å². The smallest absolute Gasteiger partial charge is 0.164 e. The van der Waals surface area contributed by atoms with Crippen LogP contribution in [0.2, 0.25) is 10.0 Å². The number of hydrogen-bond acceptors (Lipinski definition) is 2. The molecule has 4 heteroatoms. The summed E-state index contributed by atoms with van der Waals surface area (Å²) in [7, 11) is 4.07. The van der Waals surface area contributed by atoms with Gasteiger partial charge in [-0.05, 0) is 49.8 Å². The first-order valence-electron chi connectivity index (χ1n) is 7.17. The van der Waals surface area contributed by atoms with Crippen molar-refractivity contribution in [2.75, 3.05) is 14.1 Å². The summed E-state index contributed by atoms with van der Waals surface area (Å²) < 4.78 is 0. The molecule has 22 heavy (non-hydrogen) atoms. The SMILES string of the molecule is CN(C)Cc1ccccc1CCC(=O)c1ccc(Cl)cc1Cl. The number of rotatable bonds is 6. The molecule has 2 aromatic carbocycles. The molecule has 0 aliphatic carbocycles. The van der Waals surface area contributed by atoms with Gasteiger partial charge < -0.3 is 4.90 Å². The molecule has 2 aromatic rings. The normalized spacial score (nSPS) is 11.0. The number of Topliss-reactive ketones (excluding diaryl/α,β-unsaturated/α-hetero) is 1. The van der Waals surface area contributed by atoms with Gasteiger partial charge in [0.1, 0.15) is 0 Å². The number of nitrogens with zero attached hydrogens (tertiary/aromatic N) is 1. The first-order chi connectivity index (χ1) is 10.5. The minimum absolute atomic E-state index is 0.0429. The average molecular weight is 336 g/mol. The van der Waals surface area contributed by atoms with E-state index in [1.165, 1.54) is 11.1 Å². The van der Waals surface area contributed by atoms with Crippen LogP contribution in [0.5, 0.6) is 0 Å². The van der Waals surface area contributed by atoms with Gasteiger partial charge in [-0.25, -0.2) is 0 Å². The van der Waals surface area contributed by atoms with E-state index in [4.69, 9.17) is 23.2 Å². The highest BCUT2D eigenvalue weighted by molar-refractivity contribution is 6.36. The summed E-state index contributed by atoms with van der Waals surface area (Å²) >= 11 is 12.0. The minimum Gasteiger partial charge on any atom is -0.305 e. The Bertz CT molecular complexity index is 668. The Morgan fingerprint density at radius 3 is 2.36 bits per heavy atom. The van der Waals surface area contributed by atoms with E-state index in [-0.39, 0.29) is 5.78 Å². The number of halogens is 2. The number of aryl methyl sites for hydroxylation is 1. The maximum Gasteiger partial charge on any atom is 0.164 e. The van der Waals surface area contributed by atoms with Gasteiger partial charge in [-0.15, -0.1) is 0 Å². The van der Waals surface area contributed by atoms with Crippen molar-refractivity contribution in [1.29, 1.82) is 0 Å². The van der Waals surface area contributed by atoms with Crippen LogP contribution in [0.3, 0.4) is 0 Å². The summed E-state index contributed by atoms with van der Waals surface area (Å²) in [6.45, 7) is 0.867. The maximum atomic E-state index is 12.3. The van der Waals surface area contributed by atoms with Gasteiger partial charge in [-0.2, -0.15) is 0 Å². The van der Waals surface area contributed by atoms with E-state index in [1.54, 1.807) is 18.2 Å². The molecule has 116 valence electrons. The van der Waals surface area contributed by atoms with Crippen molar-refractivity contribution >= 4 is 29.0 Å². The molecule has 0 N–H and O–H groups in total. The molecular formula is C18H19Cl2NO. The van der Waals surface area contributed by atoms with Crippen LogP contribution in [0.15, 0.2) is 42.5 Å². The third-order valence-corrected chi connectivity index (χ3v) is 4.01. The third-order valence-electron chi connectivity index (χ3n) is 3.46. The van der Waals surface area contributed by atoms with Crippen molar-refractivity contribution in [1.82, 2.24) is 4.90 Å². The van der Waals surface area contributed by atoms with Crippen LogP contribution in [0, 0.1) is 0 Å². The fourth-order valence-corrected chi connectivity index (χ4v) is 2.91. The lowest BCUT2D eigenvalue weighted by atomic mass is 9.99. The summed E-state index contributed by atoms with van der Waals surface area (Å²) in [6.07, 6.45) is 1.15. The monoisotopic (exact) mass is 335 g/mol. The van der Waals surface area contributed by atoms with Gasteiger partial charge >= 0.3 is 0 Å². The fraction of sp³-hybridized carbons (Fsp3) is 0.278. The van der Waals surface area contributed by atoms with Gasteiger partial charge in [0, 0.05) is 23.6 Å². The summed E-state index contributed by atoms with van der Waals surface area (Å²) in [6, 6.07) is 13.2. The largest absolute Gasteiger partial charge is 0.305 e. The predicted octanol–water partition coefficient (Wildman–Crippen LogP) is 4.87. The molecule has 2 rings (SSSR count). The van der Waals surface area contributed by atoms with Crippen molar-refractivity contribution in [3.63, 3.8) is 0 Å². The van der Waals surface area contributed by atoms with Crippen molar-refractivity contribution in [2.24, 2.45) is 0 Å². The zero-order valence-electron chi connectivity index (χ0n) is 12.8. The van der Waals surface area contributed by atoms with Crippen LogP contribution in [0.1, 0.15) is 27.9 Å². The molecule has 0 heterocycles. The highest BCUT2D eigenvalue weighted by Crippen LogP contribution is 2.23. The second-order valence-electron chi connectivity index (χ2n) is 5.55. The van der Waals surface area contributed by atoms with E-state index >= 15 is 0 Å². The van der Waals surface area contributed by atoms with E-state index in [0.29, 0.717) is 28.5 Å². The van der Waals surface area contributed by atoms with Crippen LogP contribution >= 0.6 is 23.2 Å². The third kappa shape index (κ3) is 4.57. The number of carbonyl (C=O) groups excluding carboxylic acids is 1. The van der Waals surface area contributed by atoms with Crippen LogP contribution in [0.25, 0.3) is 0 Å². The molecule has 0 fully saturated rings. The quantitative estimate of drug-likeness (QED) is 0.702. The first kappa shape index (κ1) is 17.0. The molecule has 0 spiro atoms. The van der Waals surface area contributed by atoms with E-state index in [1.807, 2.05) is 26.2 Å². The Balaban J connectivity index is 2.08. The molecule has 0 amide bonds. The average Bonchev–Trinajstić information content (AvgIpc) is 2.45. The topological polar surface area (TPSA) is 20.3 Å². The molecule has 0 aliphatic heterocycles. The summed E-state index contributed by atoms with van der Waals surface area (Å²) in [5.41, 5.74) is 2.99. The number of hydrogen-bond donors (Lipinski definition) is 0.